The number of fused-ring (bicyclic) bond motifs is 1. The number of benzene rings is 2. The van der Waals surface area contributed by atoms with E-state index in [1.54, 1.807) is 0 Å². The second kappa shape index (κ2) is 5.33. The van der Waals surface area contributed by atoms with Crippen LogP contribution in [0.1, 0.15) is 19.4 Å². The Morgan fingerprint density at radius 3 is 2.35 bits per heavy atom. The minimum atomic E-state index is 0.580. The van der Waals surface area contributed by atoms with E-state index in [0.29, 0.717) is 11.8 Å². The van der Waals surface area contributed by atoms with E-state index in [1.165, 1.54) is 16.3 Å². The molecule has 0 spiro atoms. The van der Waals surface area contributed by atoms with Crippen molar-refractivity contribution in [3.63, 3.8) is 0 Å². The Balaban J connectivity index is 2.24. The van der Waals surface area contributed by atoms with Gasteiger partial charge in [-0.15, -0.1) is 0 Å². The molecule has 0 bridgehead atoms. The van der Waals surface area contributed by atoms with Crippen molar-refractivity contribution in [3.8, 4) is 0 Å². The van der Waals surface area contributed by atoms with Gasteiger partial charge in [-0.2, -0.15) is 0 Å². The first kappa shape index (κ1) is 12.1. The van der Waals surface area contributed by atoms with Gasteiger partial charge >= 0.3 is 0 Å². The summed E-state index contributed by atoms with van der Waals surface area (Å²) < 4.78 is 0. The number of hydrogen-bond donors (Lipinski definition) is 1. The van der Waals surface area contributed by atoms with Crippen LogP contribution in [0.2, 0.25) is 0 Å². The van der Waals surface area contributed by atoms with Crippen LogP contribution in [0, 0.1) is 11.8 Å². The lowest BCUT2D eigenvalue weighted by Gasteiger charge is -2.18. The molecule has 2 rings (SSSR count). The molecule has 1 nitrogen and oxygen atoms in total. The molecule has 2 N–H and O–H groups in total. The summed E-state index contributed by atoms with van der Waals surface area (Å²) in [6, 6.07) is 15.2. The summed E-state index contributed by atoms with van der Waals surface area (Å²) in [6.07, 6.45) is 1.08. The van der Waals surface area contributed by atoms with E-state index in [9.17, 15) is 0 Å². The van der Waals surface area contributed by atoms with Gasteiger partial charge in [-0.3, -0.25) is 0 Å². The Kier molecular flexibility index (Phi) is 3.80. The van der Waals surface area contributed by atoms with Gasteiger partial charge in [0.25, 0.3) is 0 Å². The topological polar surface area (TPSA) is 26.0 Å². The highest BCUT2D eigenvalue weighted by atomic mass is 14.5. The van der Waals surface area contributed by atoms with E-state index in [2.05, 4.69) is 56.3 Å². The molecule has 1 atom stereocenters. The van der Waals surface area contributed by atoms with Crippen LogP contribution in [0.15, 0.2) is 42.5 Å². The van der Waals surface area contributed by atoms with Gasteiger partial charge in [0.05, 0.1) is 0 Å². The number of nitrogens with two attached hydrogens (primary N) is 1. The lowest BCUT2D eigenvalue weighted by Crippen LogP contribution is -2.22. The lowest BCUT2D eigenvalue weighted by atomic mass is 9.89. The molecule has 0 aliphatic carbocycles. The first-order chi connectivity index (χ1) is 8.20. The second-order valence-electron chi connectivity index (χ2n) is 5.13. The van der Waals surface area contributed by atoms with Crippen molar-refractivity contribution in [2.75, 3.05) is 6.54 Å². The molecule has 2 aromatic rings. The molecule has 0 saturated carbocycles. The van der Waals surface area contributed by atoms with Gasteiger partial charge in [0.1, 0.15) is 0 Å². The van der Waals surface area contributed by atoms with E-state index >= 15 is 0 Å². The average Bonchev–Trinajstić information content (AvgIpc) is 2.35. The molecule has 0 amide bonds. The van der Waals surface area contributed by atoms with Crippen molar-refractivity contribution in [2.45, 2.75) is 20.3 Å². The second-order valence-corrected chi connectivity index (χ2v) is 5.13. The standard InChI is InChI=1S/C16H21N/c1-12(2)16(11-17)10-13-7-8-14-5-3-4-6-15(14)9-13/h3-9,12,16H,10-11,17H2,1-2H3. The van der Waals surface area contributed by atoms with Crippen molar-refractivity contribution < 1.29 is 0 Å². The van der Waals surface area contributed by atoms with Gasteiger partial charge in [0, 0.05) is 0 Å². The highest BCUT2D eigenvalue weighted by Crippen LogP contribution is 2.20. The quantitative estimate of drug-likeness (QED) is 0.848. The van der Waals surface area contributed by atoms with Gasteiger partial charge in [-0.05, 0) is 41.1 Å². The normalized spacial score (nSPS) is 13.2. The SMILES string of the molecule is CC(C)C(CN)Cc1ccc2ccccc2c1. The molecule has 0 aliphatic heterocycles. The van der Waals surface area contributed by atoms with E-state index in [4.69, 9.17) is 5.73 Å². The van der Waals surface area contributed by atoms with Gasteiger partial charge in [0.15, 0.2) is 0 Å². The number of rotatable bonds is 4. The zero-order valence-electron chi connectivity index (χ0n) is 10.7. The summed E-state index contributed by atoms with van der Waals surface area (Å²) in [5.74, 6) is 1.22. The minimum Gasteiger partial charge on any atom is -0.330 e. The van der Waals surface area contributed by atoms with Gasteiger partial charge in [0.2, 0.25) is 0 Å². The van der Waals surface area contributed by atoms with Crippen LogP contribution in [0.3, 0.4) is 0 Å². The summed E-state index contributed by atoms with van der Waals surface area (Å²) in [6.45, 7) is 5.27. The fourth-order valence-corrected chi connectivity index (χ4v) is 2.26. The van der Waals surface area contributed by atoms with Gasteiger partial charge < -0.3 is 5.73 Å². The van der Waals surface area contributed by atoms with Crippen LogP contribution < -0.4 is 5.73 Å². The molecule has 2 aromatic carbocycles. The van der Waals surface area contributed by atoms with Crippen molar-refractivity contribution in [2.24, 2.45) is 17.6 Å². The van der Waals surface area contributed by atoms with E-state index < -0.39 is 0 Å². The molecular weight excluding hydrogens is 206 g/mol. The Bertz CT molecular complexity index is 488. The fraction of sp³-hybridized carbons (Fsp3) is 0.375. The fourth-order valence-electron chi connectivity index (χ4n) is 2.26. The van der Waals surface area contributed by atoms with Crippen molar-refractivity contribution in [3.05, 3.63) is 48.0 Å². The van der Waals surface area contributed by atoms with Crippen LogP contribution in [-0.4, -0.2) is 6.54 Å². The largest absolute Gasteiger partial charge is 0.330 e. The van der Waals surface area contributed by atoms with Gasteiger partial charge in [-0.1, -0.05) is 56.3 Å². The van der Waals surface area contributed by atoms with Crippen LogP contribution in [0.5, 0.6) is 0 Å². The van der Waals surface area contributed by atoms with Crippen molar-refractivity contribution in [1.82, 2.24) is 0 Å². The molecular formula is C16H21N. The monoisotopic (exact) mass is 227 g/mol. The molecule has 0 fully saturated rings. The highest BCUT2D eigenvalue weighted by molar-refractivity contribution is 5.82. The average molecular weight is 227 g/mol. The molecule has 1 unspecified atom stereocenters. The summed E-state index contributed by atoms with van der Waals surface area (Å²) >= 11 is 0. The molecule has 0 heterocycles. The van der Waals surface area contributed by atoms with Crippen LogP contribution in [0.4, 0.5) is 0 Å². The van der Waals surface area contributed by atoms with E-state index in [0.717, 1.165) is 13.0 Å². The third-order valence-corrected chi connectivity index (χ3v) is 3.56. The van der Waals surface area contributed by atoms with Gasteiger partial charge in [-0.25, -0.2) is 0 Å². The van der Waals surface area contributed by atoms with Crippen LogP contribution in [0.25, 0.3) is 10.8 Å². The third kappa shape index (κ3) is 2.86. The molecule has 0 aliphatic rings. The summed E-state index contributed by atoms with van der Waals surface area (Å²) in [7, 11) is 0. The smallest absolute Gasteiger partial charge is 0.00432 e. The predicted octanol–water partition coefficient (Wildman–Crippen LogP) is 3.61. The van der Waals surface area contributed by atoms with E-state index in [-0.39, 0.29) is 0 Å². The molecule has 0 saturated heterocycles. The van der Waals surface area contributed by atoms with Crippen molar-refractivity contribution >= 4 is 10.8 Å². The molecule has 1 heteroatoms. The predicted molar refractivity (Wildman–Crippen MR) is 75.0 cm³/mol. The highest BCUT2D eigenvalue weighted by Gasteiger charge is 2.12. The third-order valence-electron chi connectivity index (χ3n) is 3.56. The Hall–Kier alpha value is -1.34. The molecule has 0 aromatic heterocycles. The molecule has 17 heavy (non-hydrogen) atoms. The Morgan fingerprint density at radius 1 is 1.00 bits per heavy atom. The lowest BCUT2D eigenvalue weighted by molar-refractivity contribution is 0.392. The zero-order chi connectivity index (χ0) is 12.3. The molecule has 90 valence electrons. The maximum Gasteiger partial charge on any atom is -0.00432 e. The first-order valence-electron chi connectivity index (χ1n) is 6.38. The zero-order valence-corrected chi connectivity index (χ0v) is 10.7. The maximum absolute atomic E-state index is 5.83. The summed E-state index contributed by atoms with van der Waals surface area (Å²) in [5.41, 5.74) is 7.23. The maximum atomic E-state index is 5.83. The first-order valence-corrected chi connectivity index (χ1v) is 6.38. The number of hydrogen-bond acceptors (Lipinski definition) is 1. The van der Waals surface area contributed by atoms with Crippen LogP contribution in [-0.2, 0) is 6.42 Å². The summed E-state index contributed by atoms with van der Waals surface area (Å²) in [4.78, 5) is 0. The minimum absolute atomic E-state index is 0.580. The van der Waals surface area contributed by atoms with Crippen LogP contribution >= 0.6 is 0 Å². The van der Waals surface area contributed by atoms with Crippen molar-refractivity contribution in [1.29, 1.82) is 0 Å². The van der Waals surface area contributed by atoms with E-state index in [1.807, 2.05) is 0 Å². The Labute approximate surface area is 104 Å². The summed E-state index contributed by atoms with van der Waals surface area (Å²) in [5, 5.41) is 2.63. The molecule has 0 radical (unpaired) electrons. The Morgan fingerprint density at radius 2 is 1.71 bits per heavy atom.